The molecule has 0 heterocycles. The second-order valence-corrected chi connectivity index (χ2v) is 8.78. The maximum absolute atomic E-state index is 8.61. The van der Waals surface area contributed by atoms with Crippen molar-refractivity contribution in [2.45, 2.75) is 129 Å². The van der Waals surface area contributed by atoms with Gasteiger partial charge in [0, 0.05) is 26.4 Å². The molecule has 12 nitrogen and oxygen atoms in total. The lowest BCUT2D eigenvalue weighted by Crippen LogP contribution is -2.17. The van der Waals surface area contributed by atoms with Crippen molar-refractivity contribution in [3.63, 3.8) is 0 Å². The van der Waals surface area contributed by atoms with Gasteiger partial charge in [-0.15, -0.1) is 0 Å². The van der Waals surface area contributed by atoms with Gasteiger partial charge < -0.3 is 61.3 Å². The second kappa shape index (κ2) is 50.4. The van der Waals surface area contributed by atoms with E-state index in [2.05, 4.69) is 6.92 Å². The minimum atomic E-state index is -0.954. The highest BCUT2D eigenvalue weighted by Crippen LogP contribution is 2.00. The number of aliphatic hydroxyl groups excluding tert-OH is 12. The molecule has 0 saturated carbocycles. The van der Waals surface area contributed by atoms with Crippen molar-refractivity contribution in [3.8, 4) is 0 Å². The molecule has 4 atom stereocenters. The van der Waals surface area contributed by atoms with Crippen LogP contribution in [0.2, 0.25) is 0 Å². The zero-order chi connectivity index (χ0) is 31.9. The molecular formula is C27H66O12. The molecule has 0 aliphatic heterocycles. The summed E-state index contributed by atoms with van der Waals surface area (Å²) < 4.78 is 0. The summed E-state index contributed by atoms with van der Waals surface area (Å²) >= 11 is 0. The fourth-order valence-electron chi connectivity index (χ4n) is 1.61. The Hall–Kier alpha value is -0.480. The zero-order valence-electron chi connectivity index (χ0n) is 25.3. The smallest absolute Gasteiger partial charge is 0.100 e. The molecule has 0 aromatic carbocycles. The Morgan fingerprint density at radius 1 is 0.410 bits per heavy atom. The van der Waals surface area contributed by atoms with E-state index in [0.29, 0.717) is 19.4 Å². The summed E-state index contributed by atoms with van der Waals surface area (Å²) in [5, 5.41) is 98.6. The first-order chi connectivity index (χ1) is 18.4. The van der Waals surface area contributed by atoms with Gasteiger partial charge in [-0.1, -0.05) is 46.0 Å². The lowest BCUT2D eigenvalue weighted by atomic mass is 10.2. The minimum Gasteiger partial charge on any atom is -0.396 e. The molecule has 12 heteroatoms. The Labute approximate surface area is 237 Å². The van der Waals surface area contributed by atoms with Crippen molar-refractivity contribution < 1.29 is 61.3 Å². The molecule has 0 fully saturated rings. The van der Waals surface area contributed by atoms with Crippen molar-refractivity contribution >= 4 is 0 Å². The van der Waals surface area contributed by atoms with Crippen LogP contribution in [-0.2, 0) is 0 Å². The Morgan fingerprint density at radius 2 is 0.769 bits per heavy atom. The molecule has 0 amide bonds. The number of rotatable bonds is 16. The lowest BCUT2D eigenvalue weighted by Gasteiger charge is -2.03. The highest BCUT2D eigenvalue weighted by atomic mass is 16.3. The predicted molar refractivity (Wildman–Crippen MR) is 154 cm³/mol. The summed E-state index contributed by atoms with van der Waals surface area (Å²) in [6, 6.07) is 0. The van der Waals surface area contributed by atoms with Gasteiger partial charge in [0.25, 0.3) is 0 Å². The Balaban J connectivity index is -0.0000000841. The van der Waals surface area contributed by atoms with Crippen molar-refractivity contribution in [1.82, 2.24) is 0 Å². The standard InChI is InChI=1S/C7H16O.C5H12O2.3C4H10O2.C3H8O3/c1-2-3-4-5-6-7-8;1-2-3-5(7)4-6;1-4(6)2-3-5;1-3(5)4(2)6;5-3-1-2-4-6;4-1-3(6)2-5/h8H,2-7H2,1H3;5-7H,2-4H2,1H3;4-6H,2-3H2,1H3;3-6H,1-2H3;5-6H,1-4H2;3-6H,1-2H2. The summed E-state index contributed by atoms with van der Waals surface area (Å²) in [5.41, 5.74) is 0. The van der Waals surface area contributed by atoms with Crippen LogP contribution in [0.5, 0.6) is 0 Å². The van der Waals surface area contributed by atoms with Crippen LogP contribution < -0.4 is 0 Å². The fourth-order valence-corrected chi connectivity index (χ4v) is 1.61. The molecule has 0 aromatic rings. The van der Waals surface area contributed by atoms with Gasteiger partial charge in [0.2, 0.25) is 0 Å². The van der Waals surface area contributed by atoms with Gasteiger partial charge in [0.1, 0.15) is 6.10 Å². The van der Waals surface area contributed by atoms with Crippen molar-refractivity contribution in [2.75, 3.05) is 46.2 Å². The highest BCUT2D eigenvalue weighted by molar-refractivity contribution is 4.51. The van der Waals surface area contributed by atoms with Crippen LogP contribution in [0.15, 0.2) is 0 Å². The summed E-state index contributed by atoms with van der Waals surface area (Å²) in [6.45, 7) is 8.91. The fraction of sp³-hybridized carbons (Fsp3) is 1.00. The Kier molecular flexibility index (Phi) is 66.2. The van der Waals surface area contributed by atoms with E-state index >= 15 is 0 Å². The first-order valence-electron chi connectivity index (χ1n) is 14.0. The molecule has 0 aromatic heterocycles. The van der Waals surface area contributed by atoms with Gasteiger partial charge in [0.15, 0.2) is 0 Å². The van der Waals surface area contributed by atoms with E-state index < -0.39 is 24.4 Å². The van der Waals surface area contributed by atoms with Crippen LogP contribution in [0.3, 0.4) is 0 Å². The summed E-state index contributed by atoms with van der Waals surface area (Å²) in [4.78, 5) is 0. The van der Waals surface area contributed by atoms with E-state index in [1.807, 2.05) is 6.92 Å². The van der Waals surface area contributed by atoms with Gasteiger partial charge in [0.05, 0.1) is 44.2 Å². The third-order valence-electron chi connectivity index (χ3n) is 4.33. The van der Waals surface area contributed by atoms with Crippen LogP contribution in [0.4, 0.5) is 0 Å². The number of hydrogen-bond donors (Lipinski definition) is 12. The average molecular weight is 583 g/mol. The van der Waals surface area contributed by atoms with Gasteiger partial charge >= 0.3 is 0 Å². The third-order valence-corrected chi connectivity index (χ3v) is 4.33. The van der Waals surface area contributed by atoms with Crippen LogP contribution in [0, 0.1) is 0 Å². The summed E-state index contributed by atoms with van der Waals surface area (Å²) in [7, 11) is 0. The molecule has 246 valence electrons. The molecular weight excluding hydrogens is 516 g/mol. The van der Waals surface area contributed by atoms with Crippen LogP contribution in [0.1, 0.15) is 98.8 Å². The molecule has 0 spiro atoms. The normalized spacial score (nSPS) is 12.8. The van der Waals surface area contributed by atoms with Crippen LogP contribution in [0.25, 0.3) is 0 Å². The van der Waals surface area contributed by atoms with E-state index in [-0.39, 0.29) is 45.7 Å². The number of aliphatic hydroxyl groups is 12. The maximum Gasteiger partial charge on any atom is 0.100 e. The topological polar surface area (TPSA) is 243 Å². The van der Waals surface area contributed by atoms with Gasteiger partial charge in [-0.05, 0) is 52.9 Å². The Morgan fingerprint density at radius 3 is 0.923 bits per heavy atom. The van der Waals surface area contributed by atoms with Gasteiger partial charge in [-0.25, -0.2) is 0 Å². The predicted octanol–water partition coefficient (Wildman–Crippen LogP) is -0.330. The SMILES string of the molecule is CC(O)C(C)O.CC(O)CCO.CCCC(O)CO.CCCCCCCO.OCC(O)CO.OCCCCO. The molecule has 12 N–H and O–H groups in total. The Bertz CT molecular complexity index is 329. The molecule has 0 aliphatic carbocycles. The van der Waals surface area contributed by atoms with E-state index in [0.717, 1.165) is 25.7 Å². The average Bonchev–Trinajstić information content (AvgIpc) is 2.91. The van der Waals surface area contributed by atoms with Crippen molar-refractivity contribution in [2.24, 2.45) is 0 Å². The molecule has 0 saturated heterocycles. The van der Waals surface area contributed by atoms with E-state index in [1.54, 1.807) is 20.8 Å². The summed E-state index contributed by atoms with van der Waals surface area (Å²) in [6.07, 6.45) is 6.65. The number of hydrogen-bond acceptors (Lipinski definition) is 12. The molecule has 0 radical (unpaired) electrons. The largest absolute Gasteiger partial charge is 0.396 e. The first kappa shape index (κ1) is 51.3. The highest BCUT2D eigenvalue weighted by Gasteiger charge is 1.99. The quantitative estimate of drug-likeness (QED) is 0.105. The molecule has 0 rings (SSSR count). The molecule has 4 unspecified atom stereocenters. The van der Waals surface area contributed by atoms with Crippen molar-refractivity contribution in [3.05, 3.63) is 0 Å². The minimum absolute atomic E-state index is 0.0810. The van der Waals surface area contributed by atoms with Crippen LogP contribution in [-0.4, -0.2) is 138 Å². The van der Waals surface area contributed by atoms with Gasteiger partial charge in [-0.3, -0.25) is 0 Å². The second-order valence-electron chi connectivity index (χ2n) is 8.78. The number of unbranched alkanes of at least 4 members (excludes halogenated alkanes) is 5. The van der Waals surface area contributed by atoms with E-state index in [4.69, 9.17) is 61.3 Å². The van der Waals surface area contributed by atoms with Crippen molar-refractivity contribution in [1.29, 1.82) is 0 Å². The summed E-state index contributed by atoms with van der Waals surface area (Å²) in [5.74, 6) is 0. The molecule has 39 heavy (non-hydrogen) atoms. The maximum atomic E-state index is 8.61. The third kappa shape index (κ3) is 85.6. The van der Waals surface area contributed by atoms with Gasteiger partial charge in [-0.2, -0.15) is 0 Å². The van der Waals surface area contributed by atoms with E-state index in [1.165, 1.54) is 25.7 Å². The van der Waals surface area contributed by atoms with Crippen LogP contribution >= 0.6 is 0 Å². The zero-order valence-corrected chi connectivity index (χ0v) is 25.3. The molecule has 0 aliphatic rings. The molecule has 0 bridgehead atoms. The lowest BCUT2D eigenvalue weighted by molar-refractivity contribution is 0.0438. The van der Waals surface area contributed by atoms with E-state index in [9.17, 15) is 0 Å². The monoisotopic (exact) mass is 582 g/mol. The first-order valence-corrected chi connectivity index (χ1v) is 14.0.